The van der Waals surface area contributed by atoms with Crippen LogP contribution in [0.1, 0.15) is 35.3 Å². The van der Waals surface area contributed by atoms with E-state index in [-0.39, 0.29) is 12.1 Å². The number of aryl methyl sites for hydroxylation is 1. The Labute approximate surface area is 149 Å². The monoisotopic (exact) mass is 390 g/mol. The van der Waals surface area contributed by atoms with Gasteiger partial charge in [-0.25, -0.2) is 4.98 Å². The van der Waals surface area contributed by atoms with Crippen molar-refractivity contribution in [2.75, 3.05) is 5.32 Å². The van der Waals surface area contributed by atoms with Gasteiger partial charge in [-0.3, -0.25) is 20.2 Å². The molecule has 0 radical (unpaired) electrons. The number of alkyl halides is 3. The lowest BCUT2D eigenvalue weighted by Crippen LogP contribution is -2.13. The molecule has 26 heavy (non-hydrogen) atoms. The SMILES string of the molecule is CCc1cnc(C(C)Nc2c([N+](=O)[O-])cc(C(F)(F)F)cc2[N+](=O)[O-])s1. The molecule has 0 saturated carbocycles. The molecule has 0 spiro atoms. The molecule has 1 unspecified atom stereocenters. The Hall–Kier alpha value is -2.76. The van der Waals surface area contributed by atoms with Gasteiger partial charge < -0.3 is 5.32 Å². The summed E-state index contributed by atoms with van der Waals surface area (Å²) in [7, 11) is 0. The van der Waals surface area contributed by atoms with E-state index >= 15 is 0 Å². The van der Waals surface area contributed by atoms with Crippen LogP contribution < -0.4 is 5.32 Å². The molecule has 1 N–H and O–H groups in total. The Balaban J connectivity index is 2.54. The summed E-state index contributed by atoms with van der Waals surface area (Å²) in [5, 5.41) is 25.5. The number of nitro benzene ring substituents is 2. The zero-order valence-corrected chi connectivity index (χ0v) is 14.3. The predicted octanol–water partition coefficient (Wildman–Crippen LogP) is 4.71. The number of nitro groups is 2. The van der Waals surface area contributed by atoms with Crippen molar-refractivity contribution in [1.82, 2.24) is 4.98 Å². The third kappa shape index (κ3) is 4.07. The summed E-state index contributed by atoms with van der Waals surface area (Å²) in [4.78, 5) is 25.3. The molecule has 1 aromatic heterocycles. The first kappa shape index (κ1) is 19.6. The minimum Gasteiger partial charge on any atom is -0.365 e. The fourth-order valence-electron chi connectivity index (χ4n) is 2.18. The molecule has 0 fully saturated rings. The molecule has 0 aliphatic heterocycles. The molecule has 2 aromatic rings. The Morgan fingerprint density at radius 1 is 1.23 bits per heavy atom. The van der Waals surface area contributed by atoms with E-state index in [9.17, 15) is 33.4 Å². The van der Waals surface area contributed by atoms with Gasteiger partial charge in [0.1, 0.15) is 5.01 Å². The van der Waals surface area contributed by atoms with Crippen molar-refractivity contribution in [3.05, 3.63) is 54.0 Å². The highest BCUT2D eigenvalue weighted by molar-refractivity contribution is 7.11. The third-order valence-electron chi connectivity index (χ3n) is 3.47. The highest BCUT2D eigenvalue weighted by Gasteiger charge is 2.38. The lowest BCUT2D eigenvalue weighted by Gasteiger charge is -2.15. The Morgan fingerprint density at radius 3 is 2.15 bits per heavy atom. The van der Waals surface area contributed by atoms with Crippen molar-refractivity contribution in [3.63, 3.8) is 0 Å². The second-order valence-electron chi connectivity index (χ2n) is 5.29. The first-order valence-corrected chi connectivity index (χ1v) is 8.11. The minimum absolute atomic E-state index is 0.279. The molecule has 8 nitrogen and oxygen atoms in total. The summed E-state index contributed by atoms with van der Waals surface area (Å²) in [6.45, 7) is 3.46. The Bertz CT molecular complexity index is 818. The number of halogens is 3. The molecule has 0 aliphatic carbocycles. The van der Waals surface area contributed by atoms with Crippen LogP contribution in [-0.2, 0) is 12.6 Å². The van der Waals surface area contributed by atoms with E-state index in [1.165, 1.54) is 11.3 Å². The van der Waals surface area contributed by atoms with Gasteiger partial charge in [0.05, 0.1) is 21.5 Å². The summed E-state index contributed by atoms with van der Waals surface area (Å²) >= 11 is 1.30. The standard InChI is InChI=1S/C14H13F3N4O4S/c1-3-9-6-18-13(26-9)7(2)19-12-10(20(22)23)4-8(14(15,16)17)5-11(12)21(24)25/h4-7,19H,3H2,1-2H3. The summed E-state index contributed by atoms with van der Waals surface area (Å²) in [6, 6.07) is -0.114. The largest absolute Gasteiger partial charge is 0.416 e. The van der Waals surface area contributed by atoms with E-state index in [2.05, 4.69) is 10.3 Å². The number of nitrogens with zero attached hydrogens (tertiary/aromatic N) is 3. The second-order valence-corrected chi connectivity index (χ2v) is 6.43. The fourth-order valence-corrected chi connectivity index (χ4v) is 3.04. The fraction of sp³-hybridized carbons (Fsp3) is 0.357. The van der Waals surface area contributed by atoms with E-state index in [4.69, 9.17) is 0 Å². The molecule has 0 bridgehead atoms. The van der Waals surface area contributed by atoms with Crippen molar-refractivity contribution < 1.29 is 23.0 Å². The van der Waals surface area contributed by atoms with Crippen LogP contribution >= 0.6 is 11.3 Å². The van der Waals surface area contributed by atoms with Gasteiger partial charge in [0, 0.05) is 23.2 Å². The lowest BCUT2D eigenvalue weighted by atomic mass is 10.1. The van der Waals surface area contributed by atoms with Gasteiger partial charge in [0.2, 0.25) is 0 Å². The van der Waals surface area contributed by atoms with Crippen LogP contribution in [-0.4, -0.2) is 14.8 Å². The maximum Gasteiger partial charge on any atom is 0.416 e. The van der Waals surface area contributed by atoms with Gasteiger partial charge in [-0.15, -0.1) is 11.3 Å². The number of benzene rings is 1. The Morgan fingerprint density at radius 2 is 1.77 bits per heavy atom. The minimum atomic E-state index is -4.95. The Kier molecular flexibility index (Phi) is 5.44. The van der Waals surface area contributed by atoms with Crippen LogP contribution in [0.15, 0.2) is 18.3 Å². The molecular formula is C14H13F3N4O4S. The van der Waals surface area contributed by atoms with E-state index in [1.54, 1.807) is 13.1 Å². The summed E-state index contributed by atoms with van der Waals surface area (Å²) in [5.74, 6) is 0. The number of hydrogen-bond donors (Lipinski definition) is 1. The third-order valence-corrected chi connectivity index (χ3v) is 4.79. The van der Waals surface area contributed by atoms with Crippen molar-refractivity contribution in [2.24, 2.45) is 0 Å². The topological polar surface area (TPSA) is 111 Å². The number of nitrogens with one attached hydrogen (secondary N) is 1. The predicted molar refractivity (Wildman–Crippen MR) is 88.3 cm³/mol. The van der Waals surface area contributed by atoms with Gasteiger partial charge in [0.15, 0.2) is 5.69 Å². The number of rotatable bonds is 6. The average molecular weight is 390 g/mol. The maximum atomic E-state index is 12.9. The van der Waals surface area contributed by atoms with Crippen LogP contribution in [0.4, 0.5) is 30.2 Å². The highest BCUT2D eigenvalue weighted by Crippen LogP contribution is 2.42. The smallest absolute Gasteiger partial charge is 0.365 e. The first-order valence-electron chi connectivity index (χ1n) is 7.29. The molecule has 2 rings (SSSR count). The summed E-state index contributed by atoms with van der Waals surface area (Å²) in [6.07, 6.45) is -2.64. The van der Waals surface area contributed by atoms with Gasteiger partial charge in [-0.05, 0) is 13.3 Å². The average Bonchev–Trinajstić information content (AvgIpc) is 3.02. The van der Waals surface area contributed by atoms with Crippen LogP contribution in [0.25, 0.3) is 0 Å². The zero-order chi connectivity index (χ0) is 19.6. The van der Waals surface area contributed by atoms with Crippen molar-refractivity contribution in [3.8, 4) is 0 Å². The molecule has 140 valence electrons. The maximum absolute atomic E-state index is 12.9. The van der Waals surface area contributed by atoms with Crippen molar-refractivity contribution in [1.29, 1.82) is 0 Å². The number of hydrogen-bond acceptors (Lipinski definition) is 7. The van der Waals surface area contributed by atoms with Gasteiger partial charge in [-0.1, -0.05) is 6.92 Å². The number of aromatic nitrogens is 1. The quantitative estimate of drug-likeness (QED) is 0.565. The zero-order valence-electron chi connectivity index (χ0n) is 13.5. The van der Waals surface area contributed by atoms with Gasteiger partial charge in [-0.2, -0.15) is 13.2 Å². The molecule has 1 atom stereocenters. The first-order chi connectivity index (χ1) is 12.0. The second kappa shape index (κ2) is 7.23. The molecule has 12 heteroatoms. The lowest BCUT2D eigenvalue weighted by molar-refractivity contribution is -0.392. The van der Waals surface area contributed by atoms with Gasteiger partial charge >= 0.3 is 6.18 Å². The molecular weight excluding hydrogens is 377 g/mol. The molecule has 1 heterocycles. The van der Waals surface area contributed by atoms with E-state index in [1.807, 2.05) is 6.92 Å². The van der Waals surface area contributed by atoms with Crippen molar-refractivity contribution in [2.45, 2.75) is 32.5 Å². The summed E-state index contributed by atoms with van der Waals surface area (Å²) in [5.41, 5.74) is -4.10. The van der Waals surface area contributed by atoms with Crippen LogP contribution in [0, 0.1) is 20.2 Å². The molecule has 1 aromatic carbocycles. The van der Waals surface area contributed by atoms with Crippen LogP contribution in [0.5, 0.6) is 0 Å². The number of thiazole rings is 1. The van der Waals surface area contributed by atoms with E-state index in [0.717, 1.165) is 4.88 Å². The van der Waals surface area contributed by atoms with Crippen molar-refractivity contribution >= 4 is 28.4 Å². The van der Waals surface area contributed by atoms with Crippen LogP contribution in [0.2, 0.25) is 0 Å². The molecule has 0 amide bonds. The van der Waals surface area contributed by atoms with E-state index in [0.29, 0.717) is 11.4 Å². The molecule has 0 saturated heterocycles. The normalized spacial score (nSPS) is 12.7. The molecule has 0 aliphatic rings. The van der Waals surface area contributed by atoms with Gasteiger partial charge in [0.25, 0.3) is 11.4 Å². The summed E-state index contributed by atoms with van der Waals surface area (Å²) < 4.78 is 38.7. The highest BCUT2D eigenvalue weighted by atomic mass is 32.1. The van der Waals surface area contributed by atoms with Crippen LogP contribution in [0.3, 0.4) is 0 Å². The van der Waals surface area contributed by atoms with E-state index < -0.39 is 44.7 Å². The number of anilines is 1.